The standard InChI is InChI=1S/C14H14O2/c1-4-10-16-13-8-6-12(7-9-13)14(15)11(3)5-2/h1,5-9H,10H2,2-3H3/b11-5+. The Labute approximate surface area is 95.9 Å². The molecule has 0 fully saturated rings. The molecule has 1 aromatic rings. The van der Waals surface area contributed by atoms with Gasteiger partial charge in [0.25, 0.3) is 0 Å². The van der Waals surface area contributed by atoms with E-state index >= 15 is 0 Å². The number of Topliss-reactive ketones (excluding diaryl/α,β-unsaturated/α-hetero) is 1. The molecule has 0 saturated heterocycles. The minimum absolute atomic E-state index is 0.0333. The van der Waals surface area contributed by atoms with Gasteiger partial charge in [-0.2, -0.15) is 0 Å². The Morgan fingerprint density at radius 1 is 1.44 bits per heavy atom. The van der Waals surface area contributed by atoms with Gasteiger partial charge in [0.15, 0.2) is 5.78 Å². The van der Waals surface area contributed by atoms with Crippen LogP contribution >= 0.6 is 0 Å². The molecular formula is C14H14O2. The van der Waals surface area contributed by atoms with Gasteiger partial charge in [0, 0.05) is 5.56 Å². The second-order valence-electron chi connectivity index (χ2n) is 3.32. The van der Waals surface area contributed by atoms with Crippen molar-refractivity contribution in [3.05, 3.63) is 41.5 Å². The molecule has 0 aromatic heterocycles. The number of terminal acetylenes is 1. The molecule has 1 aromatic carbocycles. The van der Waals surface area contributed by atoms with Crippen molar-refractivity contribution in [1.82, 2.24) is 0 Å². The van der Waals surface area contributed by atoms with E-state index < -0.39 is 0 Å². The average Bonchev–Trinajstić information content (AvgIpc) is 2.35. The van der Waals surface area contributed by atoms with Crippen LogP contribution in [0.3, 0.4) is 0 Å². The molecule has 82 valence electrons. The number of ether oxygens (including phenoxy) is 1. The van der Waals surface area contributed by atoms with E-state index in [1.807, 2.05) is 6.92 Å². The normalized spacial score (nSPS) is 10.7. The van der Waals surface area contributed by atoms with Gasteiger partial charge in [-0.3, -0.25) is 4.79 Å². The minimum Gasteiger partial charge on any atom is -0.481 e. The minimum atomic E-state index is 0.0333. The topological polar surface area (TPSA) is 26.3 Å². The lowest BCUT2D eigenvalue weighted by Crippen LogP contribution is -2.00. The second-order valence-corrected chi connectivity index (χ2v) is 3.32. The number of hydrogen-bond acceptors (Lipinski definition) is 2. The molecule has 0 amide bonds. The number of benzene rings is 1. The third-order valence-corrected chi connectivity index (χ3v) is 2.23. The van der Waals surface area contributed by atoms with Crippen molar-refractivity contribution in [2.75, 3.05) is 6.61 Å². The van der Waals surface area contributed by atoms with Crippen molar-refractivity contribution in [2.45, 2.75) is 13.8 Å². The molecule has 2 nitrogen and oxygen atoms in total. The lowest BCUT2D eigenvalue weighted by Gasteiger charge is -2.04. The molecule has 0 aliphatic carbocycles. The third-order valence-electron chi connectivity index (χ3n) is 2.23. The van der Waals surface area contributed by atoms with Crippen molar-refractivity contribution in [3.63, 3.8) is 0 Å². The first-order valence-electron chi connectivity index (χ1n) is 5.03. The molecule has 0 atom stereocenters. The van der Waals surface area contributed by atoms with Crippen LogP contribution in [0.2, 0.25) is 0 Å². The number of hydrogen-bond donors (Lipinski definition) is 0. The van der Waals surface area contributed by atoms with E-state index in [1.54, 1.807) is 37.3 Å². The first-order chi connectivity index (χ1) is 7.69. The number of carbonyl (C=O) groups excluding carboxylic acids is 1. The Bertz CT molecular complexity index is 433. The summed E-state index contributed by atoms with van der Waals surface area (Å²) in [7, 11) is 0. The predicted molar refractivity (Wildman–Crippen MR) is 64.5 cm³/mol. The summed E-state index contributed by atoms with van der Waals surface area (Å²) in [5, 5.41) is 0. The van der Waals surface area contributed by atoms with Crippen LogP contribution in [0.25, 0.3) is 0 Å². The number of allylic oxidation sites excluding steroid dienone is 2. The van der Waals surface area contributed by atoms with Gasteiger partial charge in [-0.05, 0) is 43.7 Å². The van der Waals surface area contributed by atoms with Gasteiger partial charge >= 0.3 is 0 Å². The summed E-state index contributed by atoms with van der Waals surface area (Å²) in [6.45, 7) is 3.88. The SMILES string of the molecule is C#CCOc1ccc(C(=O)/C(C)=C/C)cc1. The molecule has 0 heterocycles. The van der Waals surface area contributed by atoms with Gasteiger partial charge in [-0.1, -0.05) is 12.0 Å². The number of ketones is 1. The molecule has 16 heavy (non-hydrogen) atoms. The van der Waals surface area contributed by atoms with Crippen molar-refractivity contribution >= 4 is 5.78 Å². The Hall–Kier alpha value is -2.01. The van der Waals surface area contributed by atoms with Crippen LogP contribution in [0.1, 0.15) is 24.2 Å². The molecule has 0 radical (unpaired) electrons. The van der Waals surface area contributed by atoms with Gasteiger partial charge in [-0.15, -0.1) is 6.42 Å². The van der Waals surface area contributed by atoms with Crippen LogP contribution in [0.5, 0.6) is 5.75 Å². The molecule has 0 N–H and O–H groups in total. The summed E-state index contributed by atoms with van der Waals surface area (Å²) in [6.07, 6.45) is 6.87. The highest BCUT2D eigenvalue weighted by atomic mass is 16.5. The molecule has 0 saturated carbocycles. The third kappa shape index (κ3) is 2.99. The van der Waals surface area contributed by atoms with E-state index in [0.29, 0.717) is 11.3 Å². The second kappa shape index (κ2) is 5.77. The zero-order valence-corrected chi connectivity index (χ0v) is 9.49. The predicted octanol–water partition coefficient (Wildman–Crippen LogP) is 2.85. The largest absolute Gasteiger partial charge is 0.481 e. The fourth-order valence-corrected chi connectivity index (χ4v) is 1.19. The molecule has 1 rings (SSSR count). The van der Waals surface area contributed by atoms with Gasteiger partial charge in [0.2, 0.25) is 0 Å². The summed E-state index contributed by atoms with van der Waals surface area (Å²) in [6, 6.07) is 6.96. The molecule has 0 aliphatic heterocycles. The lowest BCUT2D eigenvalue weighted by atomic mass is 10.0. The zero-order chi connectivity index (χ0) is 12.0. The monoisotopic (exact) mass is 214 g/mol. The summed E-state index contributed by atoms with van der Waals surface area (Å²) in [5.74, 6) is 3.09. The van der Waals surface area contributed by atoms with Gasteiger partial charge in [-0.25, -0.2) is 0 Å². The van der Waals surface area contributed by atoms with E-state index in [9.17, 15) is 4.79 Å². The summed E-state index contributed by atoms with van der Waals surface area (Å²) >= 11 is 0. The summed E-state index contributed by atoms with van der Waals surface area (Å²) in [5.41, 5.74) is 1.39. The first kappa shape index (κ1) is 12.1. The average molecular weight is 214 g/mol. The Kier molecular flexibility index (Phi) is 4.35. The van der Waals surface area contributed by atoms with E-state index in [2.05, 4.69) is 5.92 Å². The highest BCUT2D eigenvalue weighted by Crippen LogP contribution is 2.14. The Morgan fingerprint density at radius 3 is 2.56 bits per heavy atom. The lowest BCUT2D eigenvalue weighted by molar-refractivity contribution is 0.103. The van der Waals surface area contributed by atoms with Crippen LogP contribution in [-0.2, 0) is 0 Å². The quantitative estimate of drug-likeness (QED) is 0.437. The van der Waals surface area contributed by atoms with Gasteiger partial charge in [0.1, 0.15) is 12.4 Å². The summed E-state index contributed by atoms with van der Waals surface area (Å²) < 4.78 is 5.21. The highest BCUT2D eigenvalue weighted by Gasteiger charge is 2.06. The van der Waals surface area contributed by atoms with Gasteiger partial charge in [0.05, 0.1) is 0 Å². The van der Waals surface area contributed by atoms with Crippen molar-refractivity contribution in [3.8, 4) is 18.1 Å². The van der Waals surface area contributed by atoms with Crippen LogP contribution in [-0.4, -0.2) is 12.4 Å². The Balaban J connectivity index is 2.79. The van der Waals surface area contributed by atoms with Crippen molar-refractivity contribution < 1.29 is 9.53 Å². The van der Waals surface area contributed by atoms with E-state index in [-0.39, 0.29) is 12.4 Å². The maximum Gasteiger partial charge on any atom is 0.188 e. The zero-order valence-electron chi connectivity index (χ0n) is 9.49. The number of carbonyl (C=O) groups is 1. The maximum absolute atomic E-state index is 11.8. The molecule has 0 spiro atoms. The van der Waals surface area contributed by atoms with Crippen molar-refractivity contribution in [2.24, 2.45) is 0 Å². The molecule has 0 bridgehead atoms. The summed E-state index contributed by atoms with van der Waals surface area (Å²) in [4.78, 5) is 11.8. The molecule has 2 heteroatoms. The van der Waals surface area contributed by atoms with E-state index in [4.69, 9.17) is 11.2 Å². The van der Waals surface area contributed by atoms with Crippen molar-refractivity contribution in [1.29, 1.82) is 0 Å². The molecule has 0 aliphatic rings. The van der Waals surface area contributed by atoms with Crippen LogP contribution in [0.4, 0.5) is 0 Å². The highest BCUT2D eigenvalue weighted by molar-refractivity contribution is 6.08. The van der Waals surface area contributed by atoms with Crippen LogP contribution < -0.4 is 4.74 Å². The molecule has 0 unspecified atom stereocenters. The fraction of sp³-hybridized carbons (Fsp3) is 0.214. The van der Waals surface area contributed by atoms with Crippen LogP contribution in [0.15, 0.2) is 35.9 Å². The fourth-order valence-electron chi connectivity index (χ4n) is 1.19. The van der Waals surface area contributed by atoms with Crippen LogP contribution in [0, 0.1) is 12.3 Å². The first-order valence-corrected chi connectivity index (χ1v) is 5.03. The molecular weight excluding hydrogens is 200 g/mol. The van der Waals surface area contributed by atoms with Gasteiger partial charge < -0.3 is 4.74 Å². The smallest absolute Gasteiger partial charge is 0.188 e. The maximum atomic E-state index is 11.8. The number of rotatable bonds is 4. The Morgan fingerprint density at radius 2 is 2.06 bits per heavy atom. The van der Waals surface area contributed by atoms with E-state index in [0.717, 1.165) is 5.57 Å². The van der Waals surface area contributed by atoms with E-state index in [1.165, 1.54) is 0 Å².